The molecule has 0 radical (unpaired) electrons. The molecule has 3 heterocycles. The third-order valence-corrected chi connectivity index (χ3v) is 8.59. The van der Waals surface area contributed by atoms with E-state index in [0.717, 1.165) is 11.8 Å². The molecule has 2 aliphatic heterocycles. The minimum absolute atomic E-state index is 0.0774. The Balaban J connectivity index is 0.000000707. The number of aliphatic carboxylic acids is 1. The van der Waals surface area contributed by atoms with Crippen LogP contribution in [0.3, 0.4) is 0 Å². The lowest BCUT2D eigenvalue weighted by Crippen LogP contribution is -2.61. The van der Waals surface area contributed by atoms with Crippen LogP contribution in [0, 0.1) is 22.7 Å². The second-order valence-corrected chi connectivity index (χ2v) is 11.3. The number of piperazine rings is 1. The standard InChI is InChI=1S/C27H31N7O3S.C2HF3O2/c1-2-19-20(16-28)24(33-10-12-34(13-11-33)26(36)27(31)8-14-37-15-9-27)32-25(21(19)17-29)38-22(23(30)35)18-6-4-3-5-7-18;3-2(4,5)1(6)7/h3-7,22H,2,8-15,31H2,1H3,(H2,30,35);(H,6,7). The number of nitriles is 2. The van der Waals surface area contributed by atoms with Gasteiger partial charge in [-0.15, -0.1) is 0 Å². The normalized spacial score (nSPS) is 16.8. The molecule has 45 heavy (non-hydrogen) atoms. The van der Waals surface area contributed by atoms with Crippen molar-refractivity contribution in [3.8, 4) is 12.1 Å². The van der Waals surface area contributed by atoms with Crippen LogP contribution in [0.5, 0.6) is 0 Å². The van der Waals surface area contributed by atoms with Crippen molar-refractivity contribution >= 4 is 35.4 Å². The average Bonchev–Trinajstić information content (AvgIpc) is 3.03. The van der Waals surface area contributed by atoms with Crippen molar-refractivity contribution in [1.29, 1.82) is 10.5 Å². The number of ether oxygens (including phenoxy) is 1. The molecule has 0 aliphatic carbocycles. The zero-order chi connectivity index (χ0) is 33.4. The van der Waals surface area contributed by atoms with E-state index in [1.807, 2.05) is 30.0 Å². The average molecular weight is 648 g/mol. The molecule has 12 nitrogen and oxygen atoms in total. The van der Waals surface area contributed by atoms with Crippen LogP contribution in [0.25, 0.3) is 0 Å². The Bertz CT molecular complexity index is 1480. The third-order valence-electron chi connectivity index (χ3n) is 7.34. The molecular weight excluding hydrogens is 615 g/mol. The number of primary amides is 1. The lowest BCUT2D eigenvalue weighted by molar-refractivity contribution is -0.192. The maximum Gasteiger partial charge on any atom is 0.490 e. The van der Waals surface area contributed by atoms with E-state index in [9.17, 15) is 33.3 Å². The van der Waals surface area contributed by atoms with Gasteiger partial charge in [0.1, 0.15) is 28.2 Å². The van der Waals surface area contributed by atoms with Gasteiger partial charge >= 0.3 is 12.1 Å². The number of alkyl halides is 3. The smallest absolute Gasteiger partial charge is 0.475 e. The molecule has 4 rings (SSSR count). The van der Waals surface area contributed by atoms with E-state index in [0.29, 0.717) is 86.2 Å². The van der Waals surface area contributed by atoms with Crippen molar-refractivity contribution in [2.75, 3.05) is 44.3 Å². The number of halogens is 3. The summed E-state index contributed by atoms with van der Waals surface area (Å²) in [5.41, 5.74) is 13.2. The third kappa shape index (κ3) is 8.42. The highest BCUT2D eigenvalue weighted by atomic mass is 32.2. The number of nitrogens with zero attached hydrogens (tertiary/aromatic N) is 5. The van der Waals surface area contributed by atoms with Crippen LogP contribution in [-0.2, 0) is 25.5 Å². The predicted molar refractivity (Wildman–Crippen MR) is 157 cm³/mol. The molecule has 5 N–H and O–H groups in total. The summed E-state index contributed by atoms with van der Waals surface area (Å²) in [5, 5.41) is 26.8. The van der Waals surface area contributed by atoms with Crippen LogP contribution in [0.1, 0.15) is 47.3 Å². The number of carbonyl (C=O) groups is 3. The Morgan fingerprint density at radius 3 is 2.11 bits per heavy atom. The monoisotopic (exact) mass is 647 g/mol. The number of rotatable bonds is 7. The molecule has 2 aliphatic rings. The number of amides is 2. The highest BCUT2D eigenvalue weighted by Gasteiger charge is 2.40. The van der Waals surface area contributed by atoms with Gasteiger partial charge in [-0.05, 0) is 30.4 Å². The van der Waals surface area contributed by atoms with Crippen molar-refractivity contribution in [3.05, 3.63) is 52.6 Å². The first-order valence-corrected chi connectivity index (χ1v) is 14.7. The summed E-state index contributed by atoms with van der Waals surface area (Å²) in [6.45, 7) is 4.60. The summed E-state index contributed by atoms with van der Waals surface area (Å²) < 4.78 is 37.1. The molecule has 2 aromatic rings. The summed E-state index contributed by atoms with van der Waals surface area (Å²) in [6.07, 6.45) is -3.66. The maximum atomic E-state index is 13.2. The van der Waals surface area contributed by atoms with Gasteiger partial charge < -0.3 is 31.1 Å². The molecule has 16 heteroatoms. The van der Waals surface area contributed by atoms with Gasteiger partial charge in [-0.3, -0.25) is 9.59 Å². The first kappa shape index (κ1) is 35.1. The Morgan fingerprint density at radius 2 is 1.64 bits per heavy atom. The van der Waals surface area contributed by atoms with Crippen LogP contribution in [0.2, 0.25) is 0 Å². The molecule has 1 unspecified atom stereocenters. The number of thioether (sulfide) groups is 1. The number of carboxylic acids is 1. The van der Waals surface area contributed by atoms with Gasteiger partial charge in [0.05, 0.1) is 16.7 Å². The number of benzene rings is 1. The van der Waals surface area contributed by atoms with E-state index in [2.05, 4.69) is 12.1 Å². The van der Waals surface area contributed by atoms with Gasteiger partial charge in [0.25, 0.3) is 0 Å². The lowest BCUT2D eigenvalue weighted by Gasteiger charge is -2.41. The number of carboxylic acid groups (broad SMARTS) is 1. The molecule has 240 valence electrons. The molecule has 2 amide bonds. The predicted octanol–water partition coefficient (Wildman–Crippen LogP) is 2.50. The second-order valence-electron chi connectivity index (χ2n) is 10.2. The lowest BCUT2D eigenvalue weighted by atomic mass is 9.89. The van der Waals surface area contributed by atoms with E-state index in [1.165, 1.54) is 0 Å². The fourth-order valence-electron chi connectivity index (χ4n) is 4.91. The Labute approximate surface area is 261 Å². The van der Waals surface area contributed by atoms with Crippen molar-refractivity contribution in [2.24, 2.45) is 11.5 Å². The number of nitrogens with two attached hydrogens (primary N) is 2. The number of anilines is 1. The molecular formula is C29H32F3N7O5S. The Hall–Kier alpha value is -4.38. The fourth-order valence-corrected chi connectivity index (χ4v) is 5.97. The van der Waals surface area contributed by atoms with Crippen LogP contribution in [-0.4, -0.2) is 83.9 Å². The molecule has 0 bridgehead atoms. The van der Waals surface area contributed by atoms with Crippen LogP contribution >= 0.6 is 11.8 Å². The number of hydrogen-bond donors (Lipinski definition) is 3. The number of carbonyl (C=O) groups excluding carboxylic acids is 2. The minimum atomic E-state index is -5.08. The first-order valence-electron chi connectivity index (χ1n) is 13.9. The molecule has 1 aromatic heterocycles. The Kier molecular flexibility index (Phi) is 11.8. The highest BCUT2D eigenvalue weighted by molar-refractivity contribution is 8.00. The molecule has 2 saturated heterocycles. The molecule has 0 saturated carbocycles. The number of pyridine rings is 1. The molecule has 2 fully saturated rings. The van der Waals surface area contributed by atoms with Gasteiger partial charge in [0, 0.05) is 39.4 Å². The van der Waals surface area contributed by atoms with Crippen molar-refractivity contribution in [3.63, 3.8) is 0 Å². The van der Waals surface area contributed by atoms with Gasteiger partial charge in [-0.1, -0.05) is 49.0 Å². The van der Waals surface area contributed by atoms with Gasteiger partial charge in [-0.2, -0.15) is 23.7 Å². The van der Waals surface area contributed by atoms with Crippen LogP contribution < -0.4 is 16.4 Å². The zero-order valence-electron chi connectivity index (χ0n) is 24.3. The van der Waals surface area contributed by atoms with Crippen LogP contribution in [0.15, 0.2) is 35.4 Å². The van der Waals surface area contributed by atoms with Crippen molar-refractivity contribution in [2.45, 2.75) is 48.2 Å². The van der Waals surface area contributed by atoms with Gasteiger partial charge in [0.2, 0.25) is 11.8 Å². The Morgan fingerprint density at radius 1 is 1.09 bits per heavy atom. The largest absolute Gasteiger partial charge is 0.490 e. The number of hydrogen-bond acceptors (Lipinski definition) is 10. The fraction of sp³-hybridized carbons (Fsp3) is 0.448. The summed E-state index contributed by atoms with van der Waals surface area (Å²) >= 11 is 1.11. The van der Waals surface area contributed by atoms with E-state index in [4.69, 9.17) is 31.1 Å². The highest BCUT2D eigenvalue weighted by Crippen LogP contribution is 2.39. The van der Waals surface area contributed by atoms with E-state index in [-0.39, 0.29) is 11.5 Å². The van der Waals surface area contributed by atoms with Crippen molar-refractivity contribution in [1.82, 2.24) is 9.88 Å². The van der Waals surface area contributed by atoms with Gasteiger partial charge in [0.15, 0.2) is 0 Å². The summed E-state index contributed by atoms with van der Waals surface area (Å²) in [7, 11) is 0. The van der Waals surface area contributed by atoms with E-state index < -0.39 is 28.8 Å². The topological polar surface area (TPSA) is 200 Å². The number of aromatic nitrogens is 1. The van der Waals surface area contributed by atoms with E-state index in [1.54, 1.807) is 17.0 Å². The van der Waals surface area contributed by atoms with E-state index >= 15 is 0 Å². The second kappa shape index (κ2) is 15.1. The SMILES string of the molecule is CCc1c(C#N)c(SC(C(N)=O)c2ccccc2)nc(N2CCN(C(=O)C3(N)CCOCC3)CC2)c1C#N.O=C(O)C(F)(F)F. The molecule has 0 spiro atoms. The van der Waals surface area contributed by atoms with Crippen LogP contribution in [0.4, 0.5) is 19.0 Å². The van der Waals surface area contributed by atoms with Crippen molar-refractivity contribution < 1.29 is 37.4 Å². The minimum Gasteiger partial charge on any atom is -0.475 e. The zero-order valence-corrected chi connectivity index (χ0v) is 25.2. The summed E-state index contributed by atoms with van der Waals surface area (Å²) in [4.78, 5) is 43.0. The summed E-state index contributed by atoms with van der Waals surface area (Å²) in [6, 6.07) is 13.5. The maximum absolute atomic E-state index is 13.2. The molecule has 1 aromatic carbocycles. The molecule has 1 atom stereocenters. The first-order chi connectivity index (χ1) is 21.3. The summed E-state index contributed by atoms with van der Waals surface area (Å²) in [5.74, 6) is -2.94. The quantitative estimate of drug-likeness (QED) is 0.373. The van der Waals surface area contributed by atoms with Gasteiger partial charge in [-0.25, -0.2) is 9.78 Å².